The normalized spacial score (nSPS) is 11.6. The molecule has 3 aromatic heterocycles. The third kappa shape index (κ3) is 6.08. The summed E-state index contributed by atoms with van der Waals surface area (Å²) in [5.41, 5.74) is 12.8. The topological polar surface area (TPSA) is 56.5 Å². The second-order valence-electron chi connectivity index (χ2n) is 16.0. The first kappa shape index (κ1) is 36.6. The van der Waals surface area contributed by atoms with Gasteiger partial charge in [0.15, 0.2) is 5.82 Å². The highest BCUT2D eigenvalue weighted by atomic mass is 15.1. The smallest absolute Gasteiger partial charge is 0.160 e. The molecule has 12 rings (SSSR count). The molecule has 0 aliphatic rings. The van der Waals surface area contributed by atoms with Gasteiger partial charge in [0.1, 0.15) is 5.82 Å². The second kappa shape index (κ2) is 15.0. The molecule has 0 radical (unpaired) electrons. The summed E-state index contributed by atoms with van der Waals surface area (Å²) in [5.74, 6) is 1.69. The average molecular weight is 806 g/mol. The van der Waals surface area contributed by atoms with Crippen LogP contribution in [0.5, 0.6) is 0 Å². The molecule has 9 aromatic carbocycles. The quantitative estimate of drug-likeness (QED) is 0.151. The molecular weight excluding hydrogens is 767 g/mol. The zero-order valence-corrected chi connectivity index (χ0v) is 34.6. The van der Waals surface area contributed by atoms with Gasteiger partial charge in [-0.2, -0.15) is 0 Å². The minimum Gasteiger partial charge on any atom is -0.296 e. The summed E-state index contributed by atoms with van der Waals surface area (Å²) in [4.78, 5) is 21.8. The molecule has 5 heteroatoms. The zero-order valence-electron chi connectivity index (χ0n) is 34.6. The molecule has 0 aliphatic carbocycles. The highest BCUT2D eigenvalue weighted by molar-refractivity contribution is 6.20. The van der Waals surface area contributed by atoms with E-state index in [4.69, 9.17) is 19.9 Å². The Balaban J connectivity index is 1.14. The highest BCUT2D eigenvalue weighted by Gasteiger charge is 2.24. The van der Waals surface area contributed by atoms with Crippen molar-refractivity contribution in [2.45, 2.75) is 13.3 Å². The van der Waals surface area contributed by atoms with Gasteiger partial charge in [-0.25, -0.2) is 19.9 Å². The number of benzene rings is 9. The Labute approximate surface area is 364 Å². The van der Waals surface area contributed by atoms with Gasteiger partial charge in [-0.3, -0.25) is 4.57 Å². The molecule has 0 saturated heterocycles. The summed E-state index contributed by atoms with van der Waals surface area (Å²) in [7, 11) is 0. The van der Waals surface area contributed by atoms with Crippen LogP contribution in [0.25, 0.3) is 116 Å². The van der Waals surface area contributed by atoms with Crippen LogP contribution in [0.1, 0.15) is 12.7 Å². The van der Waals surface area contributed by atoms with Crippen molar-refractivity contribution in [2.75, 3.05) is 0 Å². The minimum atomic E-state index is 0.680. The van der Waals surface area contributed by atoms with Gasteiger partial charge in [0.2, 0.25) is 0 Å². The number of hydrogen-bond acceptors (Lipinski definition) is 4. The first-order valence-corrected chi connectivity index (χ1v) is 21.5. The van der Waals surface area contributed by atoms with Crippen LogP contribution >= 0.6 is 0 Å². The van der Waals surface area contributed by atoms with Gasteiger partial charge >= 0.3 is 0 Å². The summed E-state index contributed by atoms with van der Waals surface area (Å²) >= 11 is 0. The molecule has 0 fully saturated rings. The van der Waals surface area contributed by atoms with Crippen molar-refractivity contribution < 1.29 is 0 Å². The summed E-state index contributed by atoms with van der Waals surface area (Å²) < 4.78 is 2.29. The van der Waals surface area contributed by atoms with Crippen LogP contribution in [0.3, 0.4) is 0 Å². The van der Waals surface area contributed by atoms with Gasteiger partial charge in [0, 0.05) is 50.7 Å². The molecule has 0 bridgehead atoms. The Morgan fingerprint density at radius 1 is 0.397 bits per heavy atom. The predicted octanol–water partition coefficient (Wildman–Crippen LogP) is 14.7. The van der Waals surface area contributed by atoms with Crippen LogP contribution < -0.4 is 0 Å². The van der Waals surface area contributed by atoms with Gasteiger partial charge in [-0.1, -0.05) is 189 Å². The Hall–Kier alpha value is -8.28. The molecule has 3 heterocycles. The molecule has 5 nitrogen and oxygen atoms in total. The number of aromatic nitrogens is 5. The fourth-order valence-electron chi connectivity index (χ4n) is 9.44. The van der Waals surface area contributed by atoms with Crippen molar-refractivity contribution in [3.63, 3.8) is 0 Å². The van der Waals surface area contributed by atoms with Crippen LogP contribution in [0.4, 0.5) is 0 Å². The molecule has 0 spiro atoms. The lowest BCUT2D eigenvalue weighted by Crippen LogP contribution is -2.01. The van der Waals surface area contributed by atoms with Gasteiger partial charge < -0.3 is 0 Å². The SMILES string of the molecule is CCc1nc2c3c(-c4ccc(-c5c(-c6cccc7ccccc67)nc(-c6ccccc6)nc5-c5cccc6ccccc56)cc4)nc4ccccc4c3ccc2n1-c1ccccc1. The first-order chi connectivity index (χ1) is 31.2. The van der Waals surface area contributed by atoms with Gasteiger partial charge in [0.05, 0.1) is 33.6 Å². The average Bonchev–Trinajstić information content (AvgIpc) is 3.75. The number of nitrogens with zero attached hydrogens (tertiary/aromatic N) is 5. The fourth-order valence-corrected chi connectivity index (χ4v) is 9.44. The van der Waals surface area contributed by atoms with Crippen molar-refractivity contribution in [1.82, 2.24) is 24.5 Å². The summed E-state index contributed by atoms with van der Waals surface area (Å²) in [6.07, 6.45) is 0.791. The van der Waals surface area contributed by atoms with Gasteiger partial charge in [-0.15, -0.1) is 0 Å². The second-order valence-corrected chi connectivity index (χ2v) is 16.0. The van der Waals surface area contributed by atoms with Crippen LogP contribution in [0.15, 0.2) is 206 Å². The number of hydrogen-bond donors (Lipinski definition) is 0. The molecular formula is C58H39N5. The Morgan fingerprint density at radius 3 is 1.60 bits per heavy atom. The van der Waals surface area contributed by atoms with Crippen molar-refractivity contribution in [3.8, 4) is 62.0 Å². The van der Waals surface area contributed by atoms with Crippen molar-refractivity contribution in [3.05, 3.63) is 212 Å². The van der Waals surface area contributed by atoms with Crippen LogP contribution in [0, 0.1) is 0 Å². The van der Waals surface area contributed by atoms with E-state index in [1.165, 1.54) is 0 Å². The number of pyridine rings is 1. The number of aryl methyl sites for hydroxylation is 1. The Kier molecular flexibility index (Phi) is 8.71. The Morgan fingerprint density at radius 2 is 0.952 bits per heavy atom. The molecule has 0 N–H and O–H groups in total. The van der Waals surface area contributed by atoms with Crippen molar-refractivity contribution in [2.24, 2.45) is 0 Å². The molecule has 63 heavy (non-hydrogen) atoms. The largest absolute Gasteiger partial charge is 0.296 e. The van der Waals surface area contributed by atoms with Gasteiger partial charge in [0.25, 0.3) is 0 Å². The Bertz CT molecular complexity index is 3590. The van der Waals surface area contributed by atoms with Crippen LogP contribution in [-0.2, 0) is 6.42 Å². The lowest BCUT2D eigenvalue weighted by atomic mass is 9.89. The van der Waals surface area contributed by atoms with E-state index >= 15 is 0 Å². The van der Waals surface area contributed by atoms with Crippen LogP contribution in [0.2, 0.25) is 0 Å². The van der Waals surface area contributed by atoms with Crippen LogP contribution in [-0.4, -0.2) is 24.5 Å². The maximum atomic E-state index is 5.51. The molecule has 0 unspecified atom stereocenters. The highest BCUT2D eigenvalue weighted by Crippen LogP contribution is 2.45. The molecule has 0 saturated carbocycles. The zero-order chi connectivity index (χ0) is 41.9. The van der Waals surface area contributed by atoms with E-state index in [2.05, 4.69) is 200 Å². The number of rotatable bonds is 7. The van der Waals surface area contributed by atoms with E-state index in [0.29, 0.717) is 5.82 Å². The van der Waals surface area contributed by atoms with Gasteiger partial charge in [-0.05, 0) is 56.8 Å². The summed E-state index contributed by atoms with van der Waals surface area (Å²) in [6, 6.07) is 72.7. The monoisotopic (exact) mass is 805 g/mol. The first-order valence-electron chi connectivity index (χ1n) is 21.5. The number of para-hydroxylation sites is 2. The minimum absolute atomic E-state index is 0.680. The van der Waals surface area contributed by atoms with E-state index in [0.717, 1.165) is 123 Å². The summed E-state index contributed by atoms with van der Waals surface area (Å²) in [6.45, 7) is 2.17. The fraction of sp³-hybridized carbons (Fsp3) is 0.0345. The standard InChI is InChI=1S/C58H39N5/c1-2-51-60-57-50(63(51)42-23-7-4-8-24-42)36-35-46-45-27-13-14-30-49(45)59-54(53(46)57)40-33-31-39(32-34-40)52-55(47-28-15-21-37-17-9-11-25-43(37)47)61-58(41-19-5-3-6-20-41)62-56(52)48-29-16-22-38-18-10-12-26-44(38)48/h3-36H,2H2,1H3. The molecule has 296 valence electrons. The molecule has 0 amide bonds. The molecule has 12 aromatic rings. The van der Waals surface area contributed by atoms with E-state index in [9.17, 15) is 0 Å². The lowest BCUT2D eigenvalue weighted by molar-refractivity contribution is 0.908. The number of fused-ring (bicyclic) bond motifs is 7. The summed E-state index contributed by atoms with van der Waals surface area (Å²) in [5, 5.41) is 7.88. The maximum Gasteiger partial charge on any atom is 0.160 e. The van der Waals surface area contributed by atoms with E-state index < -0.39 is 0 Å². The molecule has 0 atom stereocenters. The van der Waals surface area contributed by atoms with E-state index in [-0.39, 0.29) is 0 Å². The number of imidazole rings is 1. The maximum absolute atomic E-state index is 5.51. The predicted molar refractivity (Wildman–Crippen MR) is 261 cm³/mol. The van der Waals surface area contributed by atoms with Crippen molar-refractivity contribution >= 4 is 54.3 Å². The van der Waals surface area contributed by atoms with E-state index in [1.54, 1.807) is 0 Å². The lowest BCUT2D eigenvalue weighted by Gasteiger charge is -2.19. The van der Waals surface area contributed by atoms with Crippen molar-refractivity contribution in [1.29, 1.82) is 0 Å². The third-order valence-electron chi connectivity index (χ3n) is 12.4. The third-order valence-corrected chi connectivity index (χ3v) is 12.4. The van der Waals surface area contributed by atoms with E-state index in [1.807, 2.05) is 18.2 Å². The molecule has 0 aliphatic heterocycles.